The molecule has 2 rings (SSSR count). The zero-order valence-electron chi connectivity index (χ0n) is 10.6. The lowest BCUT2D eigenvalue weighted by molar-refractivity contribution is -0.113. The average molecular weight is 356 g/mol. The summed E-state index contributed by atoms with van der Waals surface area (Å²) in [7, 11) is 0. The van der Waals surface area contributed by atoms with Crippen molar-refractivity contribution in [3.05, 3.63) is 46.4 Å². The third-order valence-corrected chi connectivity index (χ3v) is 3.66. The number of nitrogens with zero attached hydrogens (tertiary/aromatic N) is 2. The smallest absolute Gasteiger partial charge is 0.234 e. The molecule has 0 radical (unpaired) electrons. The van der Waals surface area contributed by atoms with Crippen LogP contribution in [0, 0.1) is 12.7 Å². The van der Waals surface area contributed by atoms with Crippen LogP contribution in [0.15, 0.2) is 40.1 Å². The Hall–Kier alpha value is -1.47. The summed E-state index contributed by atoms with van der Waals surface area (Å²) in [5.41, 5.74) is 0.992. The van der Waals surface area contributed by atoms with E-state index in [4.69, 9.17) is 0 Å². The number of rotatable bonds is 4. The van der Waals surface area contributed by atoms with E-state index in [2.05, 4.69) is 31.2 Å². The Bertz CT molecular complexity index is 639. The Kier molecular flexibility index (Phi) is 5.08. The van der Waals surface area contributed by atoms with Gasteiger partial charge in [0.2, 0.25) is 5.91 Å². The van der Waals surface area contributed by atoms with Gasteiger partial charge < -0.3 is 5.32 Å². The monoisotopic (exact) mass is 355 g/mol. The summed E-state index contributed by atoms with van der Waals surface area (Å²) in [5.74, 6) is -0.662. The quantitative estimate of drug-likeness (QED) is 0.674. The van der Waals surface area contributed by atoms with E-state index >= 15 is 0 Å². The first kappa shape index (κ1) is 14.9. The van der Waals surface area contributed by atoms with Crippen LogP contribution in [-0.2, 0) is 4.79 Å². The van der Waals surface area contributed by atoms with Crippen LogP contribution in [0.25, 0.3) is 0 Å². The van der Waals surface area contributed by atoms with Crippen molar-refractivity contribution in [3.8, 4) is 0 Å². The van der Waals surface area contributed by atoms with Gasteiger partial charge in [0, 0.05) is 16.4 Å². The van der Waals surface area contributed by atoms with Crippen LogP contribution < -0.4 is 5.32 Å². The van der Waals surface area contributed by atoms with Crippen LogP contribution in [0.4, 0.5) is 10.1 Å². The molecular weight excluding hydrogens is 345 g/mol. The molecule has 0 aliphatic heterocycles. The molecule has 0 unspecified atom stereocenters. The highest BCUT2D eigenvalue weighted by Gasteiger charge is 2.09. The average Bonchev–Trinajstić information content (AvgIpc) is 2.40. The van der Waals surface area contributed by atoms with Gasteiger partial charge in [0.05, 0.1) is 11.4 Å². The Balaban J connectivity index is 1.92. The molecule has 1 aromatic carbocycles. The van der Waals surface area contributed by atoms with Gasteiger partial charge in [0.1, 0.15) is 5.82 Å². The molecule has 0 saturated heterocycles. The van der Waals surface area contributed by atoms with Gasteiger partial charge in [-0.2, -0.15) is 0 Å². The molecule has 1 amide bonds. The molecule has 0 fully saturated rings. The van der Waals surface area contributed by atoms with Gasteiger partial charge in [-0.1, -0.05) is 27.7 Å². The van der Waals surface area contributed by atoms with Crippen molar-refractivity contribution in [2.24, 2.45) is 0 Å². The fraction of sp³-hybridized carbons (Fsp3) is 0.154. The topological polar surface area (TPSA) is 54.9 Å². The van der Waals surface area contributed by atoms with Crippen LogP contribution in [0.3, 0.4) is 0 Å². The Morgan fingerprint density at radius 3 is 2.95 bits per heavy atom. The largest absolute Gasteiger partial charge is 0.323 e. The highest BCUT2D eigenvalue weighted by molar-refractivity contribution is 9.10. The summed E-state index contributed by atoms with van der Waals surface area (Å²) in [6.07, 6.45) is 1.64. The molecule has 1 heterocycles. The van der Waals surface area contributed by atoms with Gasteiger partial charge in [0.15, 0.2) is 5.16 Å². The highest BCUT2D eigenvalue weighted by atomic mass is 79.9. The van der Waals surface area contributed by atoms with Crippen molar-refractivity contribution >= 4 is 39.3 Å². The molecule has 2 aromatic rings. The number of carbonyl (C=O) groups excluding carboxylic acids is 1. The van der Waals surface area contributed by atoms with Gasteiger partial charge in [0.25, 0.3) is 0 Å². The van der Waals surface area contributed by atoms with Crippen molar-refractivity contribution < 1.29 is 9.18 Å². The third kappa shape index (κ3) is 4.28. The number of aromatic nitrogens is 2. The van der Waals surface area contributed by atoms with E-state index in [1.54, 1.807) is 18.3 Å². The summed E-state index contributed by atoms with van der Waals surface area (Å²) in [5, 5.41) is 3.04. The predicted molar refractivity (Wildman–Crippen MR) is 80.2 cm³/mol. The standard InChI is InChI=1S/C13H11BrFN3OS/c1-8-4-5-16-13(17-8)20-7-12(19)18-11-3-2-9(14)6-10(11)15/h2-6H,7H2,1H3,(H,18,19). The number of carbonyl (C=O) groups is 1. The minimum Gasteiger partial charge on any atom is -0.323 e. The van der Waals surface area contributed by atoms with Crippen molar-refractivity contribution in [3.63, 3.8) is 0 Å². The van der Waals surface area contributed by atoms with Gasteiger partial charge >= 0.3 is 0 Å². The SMILES string of the molecule is Cc1ccnc(SCC(=O)Nc2ccc(Br)cc2F)n1. The van der Waals surface area contributed by atoms with Gasteiger partial charge in [-0.05, 0) is 31.2 Å². The first-order valence-corrected chi connectivity index (χ1v) is 7.50. The minimum atomic E-state index is -0.482. The van der Waals surface area contributed by atoms with Crippen LogP contribution >= 0.6 is 27.7 Å². The molecule has 0 atom stereocenters. The Labute approximate surface area is 128 Å². The summed E-state index contributed by atoms with van der Waals surface area (Å²) < 4.78 is 14.2. The van der Waals surface area contributed by atoms with Gasteiger partial charge in [-0.15, -0.1) is 0 Å². The van der Waals surface area contributed by atoms with Gasteiger partial charge in [-0.3, -0.25) is 4.79 Å². The van der Waals surface area contributed by atoms with Crippen LogP contribution in [0.2, 0.25) is 0 Å². The van der Waals surface area contributed by atoms with E-state index in [-0.39, 0.29) is 17.3 Å². The lowest BCUT2D eigenvalue weighted by Crippen LogP contribution is -2.15. The molecule has 7 heteroatoms. The second kappa shape index (κ2) is 6.81. The number of hydrogen-bond donors (Lipinski definition) is 1. The lowest BCUT2D eigenvalue weighted by atomic mass is 10.3. The molecule has 4 nitrogen and oxygen atoms in total. The van der Waals surface area contributed by atoms with E-state index in [1.807, 2.05) is 6.92 Å². The van der Waals surface area contributed by atoms with Crippen molar-refractivity contribution in [1.82, 2.24) is 9.97 Å². The first-order valence-electron chi connectivity index (χ1n) is 5.72. The minimum absolute atomic E-state index is 0.124. The predicted octanol–water partition coefficient (Wildman–Crippen LogP) is 3.42. The summed E-state index contributed by atoms with van der Waals surface area (Å²) in [6, 6.07) is 6.24. The number of anilines is 1. The molecular formula is C13H11BrFN3OS. The molecule has 0 aliphatic rings. The van der Waals surface area contributed by atoms with E-state index in [1.165, 1.54) is 23.9 Å². The van der Waals surface area contributed by atoms with Crippen molar-refractivity contribution in [2.45, 2.75) is 12.1 Å². The maximum Gasteiger partial charge on any atom is 0.234 e. The van der Waals surface area contributed by atoms with Crippen molar-refractivity contribution in [1.29, 1.82) is 0 Å². The molecule has 0 saturated carbocycles. The van der Waals surface area contributed by atoms with Crippen LogP contribution in [-0.4, -0.2) is 21.6 Å². The molecule has 20 heavy (non-hydrogen) atoms. The second-order valence-electron chi connectivity index (χ2n) is 3.94. The fourth-order valence-electron chi connectivity index (χ4n) is 1.40. The Morgan fingerprint density at radius 1 is 1.45 bits per heavy atom. The molecule has 0 spiro atoms. The molecule has 1 aromatic heterocycles. The lowest BCUT2D eigenvalue weighted by Gasteiger charge is -2.06. The summed E-state index contributed by atoms with van der Waals surface area (Å²) in [4.78, 5) is 20.0. The molecule has 1 N–H and O–H groups in total. The van der Waals surface area contributed by atoms with E-state index in [0.717, 1.165) is 5.69 Å². The maximum atomic E-state index is 13.6. The maximum absolute atomic E-state index is 13.6. The number of thioether (sulfide) groups is 1. The third-order valence-electron chi connectivity index (χ3n) is 2.31. The van der Waals surface area contributed by atoms with E-state index in [0.29, 0.717) is 9.63 Å². The molecule has 0 bridgehead atoms. The second-order valence-corrected chi connectivity index (χ2v) is 5.80. The normalized spacial score (nSPS) is 10.3. The Morgan fingerprint density at radius 2 is 2.25 bits per heavy atom. The molecule has 104 valence electrons. The van der Waals surface area contributed by atoms with Crippen LogP contribution in [0.5, 0.6) is 0 Å². The highest BCUT2D eigenvalue weighted by Crippen LogP contribution is 2.20. The fourth-order valence-corrected chi connectivity index (χ4v) is 2.41. The zero-order valence-corrected chi connectivity index (χ0v) is 13.0. The number of benzene rings is 1. The molecule has 0 aliphatic carbocycles. The van der Waals surface area contributed by atoms with Gasteiger partial charge in [-0.25, -0.2) is 14.4 Å². The zero-order chi connectivity index (χ0) is 14.5. The number of nitrogens with one attached hydrogen (secondary N) is 1. The number of amides is 1. The van der Waals surface area contributed by atoms with Crippen molar-refractivity contribution in [2.75, 3.05) is 11.1 Å². The summed E-state index contributed by atoms with van der Waals surface area (Å²) >= 11 is 4.36. The number of aryl methyl sites for hydroxylation is 1. The number of hydrogen-bond acceptors (Lipinski definition) is 4. The number of halogens is 2. The summed E-state index contributed by atoms with van der Waals surface area (Å²) in [6.45, 7) is 1.85. The van der Waals surface area contributed by atoms with E-state index in [9.17, 15) is 9.18 Å². The van der Waals surface area contributed by atoms with Crippen LogP contribution in [0.1, 0.15) is 5.69 Å². The first-order chi connectivity index (χ1) is 9.54. The van der Waals surface area contributed by atoms with E-state index < -0.39 is 5.82 Å².